The number of likely N-dealkylation sites (N-methyl/N-ethyl adjacent to an activating group) is 1. The van der Waals surface area contributed by atoms with Crippen molar-refractivity contribution in [2.24, 2.45) is 5.92 Å². The minimum Gasteiger partial charge on any atom is -0.376 e. The molecule has 1 saturated heterocycles. The Morgan fingerprint density at radius 2 is 2.22 bits per heavy atom. The van der Waals surface area contributed by atoms with Crippen LogP contribution in [-0.4, -0.2) is 19.3 Å². The Kier molecular flexibility index (Phi) is 4.91. The maximum absolute atomic E-state index is 6.31. The second kappa shape index (κ2) is 6.25. The van der Waals surface area contributed by atoms with E-state index in [1.165, 1.54) is 0 Å². The zero-order valence-electron chi connectivity index (χ0n) is 10.7. The van der Waals surface area contributed by atoms with Crippen LogP contribution in [0.3, 0.4) is 0 Å². The van der Waals surface area contributed by atoms with E-state index in [1.807, 2.05) is 12.1 Å². The lowest BCUT2D eigenvalue weighted by Crippen LogP contribution is -2.34. The van der Waals surface area contributed by atoms with Crippen LogP contribution in [0.4, 0.5) is 0 Å². The molecule has 1 aliphatic heterocycles. The highest BCUT2D eigenvalue weighted by molar-refractivity contribution is 6.35. The fourth-order valence-electron chi connectivity index (χ4n) is 2.52. The molecule has 1 aliphatic rings. The molecule has 1 fully saturated rings. The zero-order valence-corrected chi connectivity index (χ0v) is 12.3. The lowest BCUT2D eigenvalue weighted by atomic mass is 9.92. The zero-order chi connectivity index (χ0) is 13.1. The van der Waals surface area contributed by atoms with Crippen LogP contribution >= 0.6 is 23.2 Å². The first kappa shape index (κ1) is 14.1. The fourth-order valence-corrected chi connectivity index (χ4v) is 3.05. The molecule has 0 spiro atoms. The quantitative estimate of drug-likeness (QED) is 0.901. The molecule has 0 aromatic heterocycles. The second-order valence-corrected chi connectivity index (χ2v) is 5.65. The van der Waals surface area contributed by atoms with Gasteiger partial charge in [-0.15, -0.1) is 0 Å². The van der Waals surface area contributed by atoms with Gasteiger partial charge in [0, 0.05) is 16.7 Å². The lowest BCUT2D eigenvalue weighted by molar-refractivity contribution is 0.0612. The van der Waals surface area contributed by atoms with E-state index >= 15 is 0 Å². The molecule has 2 nitrogen and oxygen atoms in total. The van der Waals surface area contributed by atoms with Crippen LogP contribution in [0.2, 0.25) is 10.0 Å². The summed E-state index contributed by atoms with van der Waals surface area (Å²) in [6.07, 6.45) is 1.29. The smallest absolute Gasteiger partial charge is 0.0796 e. The second-order valence-electron chi connectivity index (χ2n) is 4.80. The van der Waals surface area contributed by atoms with E-state index in [0.717, 1.165) is 25.1 Å². The highest BCUT2D eigenvalue weighted by Crippen LogP contribution is 2.35. The van der Waals surface area contributed by atoms with Crippen LogP contribution < -0.4 is 5.32 Å². The van der Waals surface area contributed by atoms with Gasteiger partial charge in [0.2, 0.25) is 0 Å². The number of halogens is 2. The van der Waals surface area contributed by atoms with Crippen molar-refractivity contribution in [3.63, 3.8) is 0 Å². The molecule has 0 aliphatic carbocycles. The minimum atomic E-state index is 0.136. The number of rotatable bonds is 4. The van der Waals surface area contributed by atoms with Crippen molar-refractivity contribution in [2.75, 3.05) is 13.2 Å². The van der Waals surface area contributed by atoms with Crippen LogP contribution in [0.15, 0.2) is 18.2 Å². The summed E-state index contributed by atoms with van der Waals surface area (Å²) in [7, 11) is 0. The van der Waals surface area contributed by atoms with Gasteiger partial charge >= 0.3 is 0 Å². The Morgan fingerprint density at radius 1 is 1.44 bits per heavy atom. The van der Waals surface area contributed by atoms with Crippen LogP contribution in [0.25, 0.3) is 0 Å². The average Bonchev–Trinajstić information content (AvgIpc) is 2.73. The normalized spacial score (nSPS) is 25.3. The van der Waals surface area contributed by atoms with Gasteiger partial charge in [-0.2, -0.15) is 0 Å². The first-order valence-corrected chi connectivity index (χ1v) is 7.19. The lowest BCUT2D eigenvalue weighted by Gasteiger charge is -2.28. The Balaban J connectivity index is 2.28. The topological polar surface area (TPSA) is 21.3 Å². The number of ether oxygens (including phenoxy) is 1. The Hall–Kier alpha value is -0.280. The SMILES string of the molecule is CCNC(c1ccc(Cl)cc1Cl)C1OCCC1C. The van der Waals surface area contributed by atoms with Gasteiger partial charge in [-0.3, -0.25) is 0 Å². The predicted octanol–water partition coefficient (Wildman–Crippen LogP) is 4.07. The first-order chi connectivity index (χ1) is 8.63. The summed E-state index contributed by atoms with van der Waals surface area (Å²) in [4.78, 5) is 0. The minimum absolute atomic E-state index is 0.136. The molecule has 100 valence electrons. The van der Waals surface area contributed by atoms with E-state index in [9.17, 15) is 0 Å². The Morgan fingerprint density at radius 3 is 2.78 bits per heavy atom. The molecule has 0 saturated carbocycles. The summed E-state index contributed by atoms with van der Waals surface area (Å²) < 4.78 is 5.87. The third kappa shape index (κ3) is 3.00. The maximum atomic E-state index is 6.31. The highest BCUT2D eigenvalue weighted by atomic mass is 35.5. The van der Waals surface area contributed by atoms with Crippen molar-refractivity contribution >= 4 is 23.2 Å². The van der Waals surface area contributed by atoms with E-state index in [1.54, 1.807) is 6.07 Å². The van der Waals surface area contributed by atoms with Crippen LogP contribution in [0.1, 0.15) is 31.9 Å². The molecule has 3 unspecified atom stereocenters. The van der Waals surface area contributed by atoms with E-state index in [2.05, 4.69) is 19.2 Å². The number of hydrogen-bond donors (Lipinski definition) is 1. The Bertz CT molecular complexity index is 411. The summed E-state index contributed by atoms with van der Waals surface area (Å²) in [5.41, 5.74) is 1.07. The van der Waals surface area contributed by atoms with E-state index in [4.69, 9.17) is 27.9 Å². The van der Waals surface area contributed by atoms with Crippen molar-refractivity contribution < 1.29 is 4.74 Å². The average molecular weight is 288 g/mol. The van der Waals surface area contributed by atoms with Crippen molar-refractivity contribution in [3.8, 4) is 0 Å². The first-order valence-electron chi connectivity index (χ1n) is 6.43. The van der Waals surface area contributed by atoms with Crippen molar-refractivity contribution in [3.05, 3.63) is 33.8 Å². The van der Waals surface area contributed by atoms with E-state index < -0.39 is 0 Å². The van der Waals surface area contributed by atoms with Gasteiger partial charge < -0.3 is 10.1 Å². The highest BCUT2D eigenvalue weighted by Gasteiger charge is 2.33. The molecule has 4 heteroatoms. The summed E-state index contributed by atoms with van der Waals surface area (Å²) in [6.45, 7) is 6.04. The standard InChI is InChI=1S/C14H19Cl2NO/c1-3-17-13(14-9(2)6-7-18-14)11-5-4-10(15)8-12(11)16/h4-5,8-9,13-14,17H,3,6-7H2,1-2H3. The third-order valence-electron chi connectivity index (χ3n) is 3.49. The Labute approximate surface area is 119 Å². The van der Waals surface area contributed by atoms with Gasteiger partial charge in [-0.05, 0) is 36.6 Å². The monoisotopic (exact) mass is 287 g/mol. The van der Waals surface area contributed by atoms with E-state index in [-0.39, 0.29) is 12.1 Å². The number of benzene rings is 1. The maximum Gasteiger partial charge on any atom is 0.0796 e. The van der Waals surface area contributed by atoms with Gasteiger partial charge in [0.1, 0.15) is 0 Å². The molecule has 0 amide bonds. The summed E-state index contributed by atoms with van der Waals surface area (Å²) in [6, 6.07) is 5.80. The summed E-state index contributed by atoms with van der Waals surface area (Å²) in [5.74, 6) is 0.542. The molecule has 0 bridgehead atoms. The number of nitrogens with one attached hydrogen (secondary N) is 1. The van der Waals surface area contributed by atoms with Crippen molar-refractivity contribution in [1.29, 1.82) is 0 Å². The molecule has 0 radical (unpaired) electrons. The molecular formula is C14H19Cl2NO. The van der Waals surface area contributed by atoms with Crippen molar-refractivity contribution in [1.82, 2.24) is 5.32 Å². The largest absolute Gasteiger partial charge is 0.376 e. The summed E-state index contributed by atoms with van der Waals surface area (Å²) >= 11 is 12.3. The van der Waals surface area contributed by atoms with Gasteiger partial charge in [0.15, 0.2) is 0 Å². The number of hydrogen-bond acceptors (Lipinski definition) is 2. The molecule has 1 aromatic carbocycles. The van der Waals surface area contributed by atoms with Crippen molar-refractivity contribution in [2.45, 2.75) is 32.4 Å². The van der Waals surface area contributed by atoms with Gasteiger partial charge in [0.25, 0.3) is 0 Å². The van der Waals surface area contributed by atoms with E-state index in [0.29, 0.717) is 16.0 Å². The molecule has 1 N–H and O–H groups in total. The molecule has 2 rings (SSSR count). The van der Waals surface area contributed by atoms with Crippen LogP contribution in [-0.2, 0) is 4.74 Å². The predicted molar refractivity (Wildman–Crippen MR) is 76.4 cm³/mol. The third-order valence-corrected chi connectivity index (χ3v) is 4.06. The molecule has 1 aromatic rings. The summed E-state index contributed by atoms with van der Waals surface area (Å²) in [5, 5.41) is 4.85. The molecule has 3 atom stereocenters. The molecular weight excluding hydrogens is 269 g/mol. The van der Waals surface area contributed by atoms with Gasteiger partial charge in [0.05, 0.1) is 12.1 Å². The van der Waals surface area contributed by atoms with Gasteiger partial charge in [-0.25, -0.2) is 0 Å². The van der Waals surface area contributed by atoms with Crippen LogP contribution in [0.5, 0.6) is 0 Å². The molecule has 18 heavy (non-hydrogen) atoms. The molecule has 1 heterocycles. The van der Waals surface area contributed by atoms with Crippen LogP contribution in [0, 0.1) is 5.92 Å². The fraction of sp³-hybridized carbons (Fsp3) is 0.571. The van der Waals surface area contributed by atoms with Gasteiger partial charge in [-0.1, -0.05) is 43.1 Å².